The Morgan fingerprint density at radius 1 is 1.27 bits per heavy atom. The maximum atomic E-state index is 8.70. The molecule has 0 unspecified atom stereocenters. The summed E-state index contributed by atoms with van der Waals surface area (Å²) in [7, 11) is 0. The molecule has 0 radical (unpaired) electrons. The Labute approximate surface area is 81.2 Å². The molecular formula is C7H7ClOS2. The second-order valence-electron chi connectivity index (χ2n) is 1.68. The summed E-state index contributed by atoms with van der Waals surface area (Å²) < 4.78 is -0.0359. The minimum atomic E-state index is -0.0359. The number of thioether (sulfide) groups is 1. The van der Waals surface area contributed by atoms with E-state index in [1.165, 1.54) is 11.8 Å². The van der Waals surface area contributed by atoms with Crippen molar-refractivity contribution in [2.45, 2.75) is 4.90 Å². The highest BCUT2D eigenvalue weighted by Crippen LogP contribution is 2.16. The third kappa shape index (κ3) is 4.24. The van der Waals surface area contributed by atoms with Crippen LogP contribution in [-0.4, -0.2) is 9.49 Å². The van der Waals surface area contributed by atoms with Crippen LogP contribution in [0, 0.1) is 0 Å². The van der Waals surface area contributed by atoms with E-state index in [0.717, 1.165) is 4.90 Å². The van der Waals surface area contributed by atoms with Crippen LogP contribution in [0.5, 0.6) is 0 Å². The minimum Gasteiger partial charge on any atom is -0.494 e. The van der Waals surface area contributed by atoms with Crippen molar-refractivity contribution < 1.29 is 5.11 Å². The Balaban J connectivity index is 0.000001000. The first-order chi connectivity index (χ1) is 4.79. The Morgan fingerprint density at radius 2 is 1.82 bits per heavy atom. The molecule has 4 heteroatoms. The van der Waals surface area contributed by atoms with Crippen LogP contribution >= 0.6 is 36.4 Å². The van der Waals surface area contributed by atoms with E-state index in [1.54, 1.807) is 0 Å². The SMILES string of the molecule is Cl.OC(=S)Sc1ccccc1. The van der Waals surface area contributed by atoms with Crippen molar-refractivity contribution >= 4 is 40.8 Å². The summed E-state index contributed by atoms with van der Waals surface area (Å²) >= 11 is 5.68. The van der Waals surface area contributed by atoms with Crippen LogP contribution in [0.25, 0.3) is 0 Å². The molecule has 0 fully saturated rings. The predicted molar refractivity (Wildman–Crippen MR) is 54.8 cm³/mol. The number of aliphatic hydroxyl groups is 1. The van der Waals surface area contributed by atoms with Gasteiger partial charge < -0.3 is 5.11 Å². The molecule has 0 aliphatic heterocycles. The van der Waals surface area contributed by atoms with Crippen LogP contribution in [0.4, 0.5) is 0 Å². The second kappa shape index (κ2) is 5.41. The monoisotopic (exact) mass is 206 g/mol. The van der Waals surface area contributed by atoms with E-state index in [0.29, 0.717) is 0 Å². The zero-order chi connectivity index (χ0) is 7.40. The lowest BCUT2D eigenvalue weighted by Crippen LogP contribution is -1.80. The molecule has 1 aromatic carbocycles. The van der Waals surface area contributed by atoms with Gasteiger partial charge >= 0.3 is 0 Å². The molecule has 11 heavy (non-hydrogen) atoms. The lowest BCUT2D eigenvalue weighted by atomic mass is 10.4. The van der Waals surface area contributed by atoms with E-state index in [4.69, 9.17) is 5.11 Å². The molecule has 1 N–H and O–H groups in total. The van der Waals surface area contributed by atoms with Crippen LogP contribution in [-0.2, 0) is 0 Å². The smallest absolute Gasteiger partial charge is 0.222 e. The van der Waals surface area contributed by atoms with E-state index in [-0.39, 0.29) is 16.8 Å². The molecule has 0 saturated carbocycles. The van der Waals surface area contributed by atoms with E-state index < -0.39 is 0 Å². The van der Waals surface area contributed by atoms with Crippen molar-refractivity contribution in [2.75, 3.05) is 0 Å². The molecular weight excluding hydrogens is 200 g/mol. The quantitative estimate of drug-likeness (QED) is 0.564. The summed E-state index contributed by atoms with van der Waals surface area (Å²) in [5.41, 5.74) is 0. The van der Waals surface area contributed by atoms with Gasteiger partial charge in [0.2, 0.25) is 4.38 Å². The van der Waals surface area contributed by atoms with Crippen molar-refractivity contribution in [3.05, 3.63) is 30.3 Å². The van der Waals surface area contributed by atoms with Gasteiger partial charge in [-0.15, -0.1) is 12.4 Å². The summed E-state index contributed by atoms with van der Waals surface area (Å²) in [6.45, 7) is 0. The molecule has 0 aliphatic carbocycles. The van der Waals surface area contributed by atoms with Crippen LogP contribution in [0.15, 0.2) is 35.2 Å². The Bertz CT molecular complexity index is 225. The molecule has 0 atom stereocenters. The molecule has 0 aromatic heterocycles. The van der Waals surface area contributed by atoms with Gasteiger partial charge in [-0.05, 0) is 36.1 Å². The van der Waals surface area contributed by atoms with Gasteiger partial charge in [0, 0.05) is 4.90 Å². The highest BCUT2D eigenvalue weighted by Gasteiger charge is 1.93. The standard InChI is InChI=1S/C7H6OS2.ClH/c8-7(9)10-6-4-2-1-3-5-6;/h1-5H,(H,8,9);1H. The van der Waals surface area contributed by atoms with Gasteiger partial charge in [0.15, 0.2) is 0 Å². The van der Waals surface area contributed by atoms with E-state index in [9.17, 15) is 0 Å². The minimum absolute atomic E-state index is 0. The molecule has 0 bridgehead atoms. The van der Waals surface area contributed by atoms with Crippen LogP contribution in [0.3, 0.4) is 0 Å². The largest absolute Gasteiger partial charge is 0.494 e. The van der Waals surface area contributed by atoms with E-state index in [1.807, 2.05) is 30.3 Å². The fourth-order valence-corrected chi connectivity index (χ4v) is 1.37. The lowest BCUT2D eigenvalue weighted by molar-refractivity contribution is 0.585. The van der Waals surface area contributed by atoms with Crippen LogP contribution < -0.4 is 0 Å². The van der Waals surface area contributed by atoms with Gasteiger partial charge in [-0.2, -0.15) is 0 Å². The Hall–Kier alpha value is -0.250. The number of halogens is 1. The number of thiocarbonyl (C=S) groups is 1. The molecule has 1 nitrogen and oxygen atoms in total. The molecule has 0 saturated heterocycles. The predicted octanol–water partition coefficient (Wildman–Crippen LogP) is 3.04. The molecule has 0 spiro atoms. The number of rotatable bonds is 1. The van der Waals surface area contributed by atoms with Gasteiger partial charge in [0.25, 0.3) is 0 Å². The third-order valence-electron chi connectivity index (χ3n) is 0.948. The normalized spacial score (nSPS) is 8.36. The number of hydrogen-bond donors (Lipinski definition) is 1. The first-order valence-corrected chi connectivity index (χ1v) is 3.97. The van der Waals surface area contributed by atoms with Crippen molar-refractivity contribution in [2.24, 2.45) is 0 Å². The third-order valence-corrected chi connectivity index (χ3v) is 1.88. The van der Waals surface area contributed by atoms with Gasteiger partial charge in [0.05, 0.1) is 0 Å². The summed E-state index contributed by atoms with van der Waals surface area (Å²) in [5.74, 6) is 0. The number of aliphatic hydroxyl groups excluding tert-OH is 1. The van der Waals surface area contributed by atoms with Crippen molar-refractivity contribution in [3.63, 3.8) is 0 Å². The average molecular weight is 207 g/mol. The molecule has 0 amide bonds. The maximum Gasteiger partial charge on any atom is 0.222 e. The maximum absolute atomic E-state index is 8.70. The highest BCUT2D eigenvalue weighted by molar-refractivity contribution is 8.22. The topological polar surface area (TPSA) is 20.2 Å². The lowest BCUT2D eigenvalue weighted by Gasteiger charge is -1.94. The van der Waals surface area contributed by atoms with E-state index >= 15 is 0 Å². The Kier molecular flexibility index (Phi) is 5.28. The fourth-order valence-electron chi connectivity index (χ4n) is 0.589. The molecule has 60 valence electrons. The Morgan fingerprint density at radius 3 is 2.27 bits per heavy atom. The van der Waals surface area contributed by atoms with Gasteiger partial charge in [-0.1, -0.05) is 18.2 Å². The second-order valence-corrected chi connectivity index (χ2v) is 3.39. The average Bonchev–Trinajstić information content (AvgIpc) is 1.88. The van der Waals surface area contributed by atoms with E-state index in [2.05, 4.69) is 12.2 Å². The fraction of sp³-hybridized carbons (Fsp3) is 0. The molecule has 1 aromatic rings. The molecule has 0 aliphatic rings. The summed E-state index contributed by atoms with van der Waals surface area (Å²) in [6, 6.07) is 9.52. The van der Waals surface area contributed by atoms with Crippen molar-refractivity contribution in [1.82, 2.24) is 0 Å². The summed E-state index contributed by atoms with van der Waals surface area (Å²) in [6.07, 6.45) is 0. The van der Waals surface area contributed by atoms with Gasteiger partial charge in [0.1, 0.15) is 0 Å². The zero-order valence-corrected chi connectivity index (χ0v) is 8.01. The molecule has 1 rings (SSSR count). The number of hydrogen-bond acceptors (Lipinski definition) is 2. The van der Waals surface area contributed by atoms with Crippen molar-refractivity contribution in [3.8, 4) is 0 Å². The summed E-state index contributed by atoms with van der Waals surface area (Å²) in [4.78, 5) is 0.968. The highest BCUT2D eigenvalue weighted by atomic mass is 35.5. The summed E-state index contributed by atoms with van der Waals surface area (Å²) in [5, 5.41) is 8.70. The van der Waals surface area contributed by atoms with Gasteiger partial charge in [-0.3, -0.25) is 0 Å². The van der Waals surface area contributed by atoms with Crippen molar-refractivity contribution in [1.29, 1.82) is 0 Å². The van der Waals surface area contributed by atoms with Gasteiger partial charge in [-0.25, -0.2) is 0 Å². The number of benzene rings is 1. The molecule has 0 heterocycles. The zero-order valence-electron chi connectivity index (χ0n) is 5.56. The first kappa shape index (κ1) is 10.8. The van der Waals surface area contributed by atoms with Crippen LogP contribution in [0.2, 0.25) is 0 Å². The van der Waals surface area contributed by atoms with Crippen LogP contribution in [0.1, 0.15) is 0 Å². The first-order valence-electron chi connectivity index (χ1n) is 2.75.